The second-order valence-electron chi connectivity index (χ2n) is 9.03. The number of carbonyl (C=O) groups is 1. The van der Waals surface area contributed by atoms with Gasteiger partial charge in [0, 0.05) is 6.42 Å². The van der Waals surface area contributed by atoms with Gasteiger partial charge in [-0.2, -0.15) is 0 Å². The van der Waals surface area contributed by atoms with E-state index < -0.39 is 55.8 Å². The molecule has 0 aromatic heterocycles. The average molecular weight is 467 g/mol. The summed E-state index contributed by atoms with van der Waals surface area (Å²) in [7, 11) is 0. The monoisotopic (exact) mass is 466 g/mol. The second kappa shape index (κ2) is 16.7. The molecule has 0 unspecified atom stereocenters. The summed E-state index contributed by atoms with van der Waals surface area (Å²) < 4.78 is 4.61. The normalized spacial score (nSPS) is 12.9. The van der Waals surface area contributed by atoms with Crippen molar-refractivity contribution >= 4 is 5.97 Å². The molecule has 7 N–H and O–H groups in total. The van der Waals surface area contributed by atoms with Crippen LogP contribution < -0.4 is 0 Å². The van der Waals surface area contributed by atoms with Crippen molar-refractivity contribution in [1.29, 1.82) is 0 Å². The van der Waals surface area contributed by atoms with E-state index in [1.54, 1.807) is 0 Å². The fourth-order valence-electron chi connectivity index (χ4n) is 3.33. The minimum atomic E-state index is -3.59. The summed E-state index contributed by atoms with van der Waals surface area (Å²) in [5.74, 6) is -8.45. The fraction of sp³-hybridized carbons (Fsp3) is 0.957. The number of aliphatic hydroxyl groups excluding tert-OH is 3. The van der Waals surface area contributed by atoms with Crippen molar-refractivity contribution in [2.24, 2.45) is 5.41 Å². The fourth-order valence-corrected chi connectivity index (χ4v) is 3.33. The molecule has 32 heavy (non-hydrogen) atoms. The third kappa shape index (κ3) is 11.4. The molecule has 9 heteroatoms. The zero-order chi connectivity index (χ0) is 24.5. The van der Waals surface area contributed by atoms with E-state index in [2.05, 4.69) is 11.7 Å². The molecule has 0 radical (unpaired) electrons. The lowest BCUT2D eigenvalue weighted by molar-refractivity contribution is -0.348. The minimum absolute atomic E-state index is 0.272. The van der Waals surface area contributed by atoms with E-state index in [1.165, 1.54) is 51.4 Å². The van der Waals surface area contributed by atoms with E-state index in [-0.39, 0.29) is 6.42 Å². The van der Waals surface area contributed by atoms with E-state index in [1.807, 2.05) is 0 Å². The van der Waals surface area contributed by atoms with Crippen molar-refractivity contribution < 1.29 is 45.3 Å². The van der Waals surface area contributed by atoms with Gasteiger partial charge in [0.25, 0.3) is 0 Å². The Bertz CT molecular complexity index is 468. The van der Waals surface area contributed by atoms with Crippen LogP contribution in [-0.4, -0.2) is 79.7 Å². The van der Waals surface area contributed by atoms with Gasteiger partial charge in [-0.05, 0) is 6.42 Å². The van der Waals surface area contributed by atoms with Crippen LogP contribution in [0, 0.1) is 5.41 Å². The van der Waals surface area contributed by atoms with Gasteiger partial charge in [0.2, 0.25) is 5.79 Å². The van der Waals surface area contributed by atoms with E-state index in [0.717, 1.165) is 19.3 Å². The van der Waals surface area contributed by atoms with Gasteiger partial charge in [0.05, 0.1) is 25.2 Å². The van der Waals surface area contributed by atoms with Crippen molar-refractivity contribution in [3.63, 3.8) is 0 Å². The topological polar surface area (TPSA) is 168 Å². The highest BCUT2D eigenvalue weighted by atomic mass is 16.6. The van der Waals surface area contributed by atoms with Crippen molar-refractivity contribution in [1.82, 2.24) is 0 Å². The van der Waals surface area contributed by atoms with Crippen LogP contribution in [0.1, 0.15) is 96.8 Å². The zero-order valence-corrected chi connectivity index (χ0v) is 19.7. The van der Waals surface area contributed by atoms with Crippen LogP contribution in [0.2, 0.25) is 0 Å². The Morgan fingerprint density at radius 2 is 1.03 bits per heavy atom. The first-order chi connectivity index (χ1) is 15.1. The summed E-state index contributed by atoms with van der Waals surface area (Å²) in [6.07, 6.45) is 13.6. The number of ether oxygens (including phenoxy) is 1. The van der Waals surface area contributed by atoms with E-state index in [0.29, 0.717) is 6.42 Å². The van der Waals surface area contributed by atoms with Gasteiger partial charge in [-0.3, -0.25) is 0 Å². The third-order valence-corrected chi connectivity index (χ3v) is 5.99. The molecule has 0 aromatic rings. The predicted octanol–water partition coefficient (Wildman–Crippen LogP) is 1.34. The SMILES string of the molecule is CCCCCCCCCCCCCCCC(O)(O)C(O)(O)C(=O)OCC(CO)(CO)CO. The summed E-state index contributed by atoms with van der Waals surface area (Å²) in [6.45, 7) is -0.688. The number of esters is 1. The maximum atomic E-state index is 12.0. The van der Waals surface area contributed by atoms with Gasteiger partial charge in [0.15, 0.2) is 0 Å². The van der Waals surface area contributed by atoms with Gasteiger partial charge in [-0.15, -0.1) is 0 Å². The maximum Gasteiger partial charge on any atom is 0.372 e. The highest BCUT2D eigenvalue weighted by Crippen LogP contribution is 2.26. The van der Waals surface area contributed by atoms with E-state index in [4.69, 9.17) is 0 Å². The highest BCUT2D eigenvalue weighted by Gasteiger charge is 2.55. The lowest BCUT2D eigenvalue weighted by Crippen LogP contribution is -2.60. The van der Waals surface area contributed by atoms with Crippen LogP contribution in [-0.2, 0) is 9.53 Å². The van der Waals surface area contributed by atoms with Crippen molar-refractivity contribution in [3.8, 4) is 0 Å². The van der Waals surface area contributed by atoms with E-state index >= 15 is 0 Å². The lowest BCUT2D eigenvalue weighted by atomic mass is 9.92. The van der Waals surface area contributed by atoms with Crippen LogP contribution in [0.3, 0.4) is 0 Å². The first kappa shape index (κ1) is 31.2. The van der Waals surface area contributed by atoms with Gasteiger partial charge in [-0.25, -0.2) is 4.79 Å². The Morgan fingerprint density at radius 1 is 0.656 bits per heavy atom. The van der Waals surface area contributed by atoms with Gasteiger partial charge in [0.1, 0.15) is 6.61 Å². The molecular weight excluding hydrogens is 420 g/mol. The molecule has 0 amide bonds. The molecule has 0 spiro atoms. The van der Waals surface area contributed by atoms with Gasteiger partial charge in [-0.1, -0.05) is 84.0 Å². The molecule has 9 nitrogen and oxygen atoms in total. The Morgan fingerprint density at radius 3 is 1.41 bits per heavy atom. The molecule has 0 saturated heterocycles. The maximum absolute atomic E-state index is 12.0. The molecule has 192 valence electrons. The van der Waals surface area contributed by atoms with Crippen LogP contribution >= 0.6 is 0 Å². The Balaban J connectivity index is 4.09. The lowest BCUT2D eigenvalue weighted by Gasteiger charge is -2.34. The standard InChI is InChI=1S/C23H46O9/c1-2-3-4-5-6-7-8-9-10-11-12-13-14-15-22(28,29)23(30,31)20(27)32-19-21(16-24,17-25)18-26/h24-26,28-31H,2-19H2,1H3. The van der Waals surface area contributed by atoms with Crippen LogP contribution in [0.15, 0.2) is 0 Å². The Labute approximate surface area is 192 Å². The zero-order valence-electron chi connectivity index (χ0n) is 19.7. The molecule has 0 aliphatic heterocycles. The molecule has 0 aliphatic rings. The van der Waals surface area contributed by atoms with Crippen molar-refractivity contribution in [2.75, 3.05) is 26.4 Å². The molecule has 0 atom stereocenters. The summed E-state index contributed by atoms with van der Waals surface area (Å²) in [4.78, 5) is 12.0. The number of hydrogen-bond acceptors (Lipinski definition) is 9. The third-order valence-electron chi connectivity index (χ3n) is 5.99. The first-order valence-electron chi connectivity index (χ1n) is 12.0. The molecule has 0 aromatic carbocycles. The van der Waals surface area contributed by atoms with Crippen LogP contribution in [0.25, 0.3) is 0 Å². The first-order valence-corrected chi connectivity index (χ1v) is 12.0. The number of hydrogen-bond donors (Lipinski definition) is 7. The van der Waals surface area contributed by atoms with E-state index in [9.17, 15) is 40.5 Å². The molecule has 0 fully saturated rings. The Hall–Kier alpha value is -0.810. The average Bonchev–Trinajstić information content (AvgIpc) is 2.77. The minimum Gasteiger partial charge on any atom is -0.461 e. The molecular formula is C23H46O9. The quantitative estimate of drug-likeness (QED) is 0.0750. The van der Waals surface area contributed by atoms with Gasteiger partial charge < -0.3 is 40.5 Å². The largest absolute Gasteiger partial charge is 0.461 e. The molecule has 0 saturated carbocycles. The smallest absolute Gasteiger partial charge is 0.372 e. The van der Waals surface area contributed by atoms with Crippen LogP contribution in [0.4, 0.5) is 0 Å². The number of aliphatic hydroxyl groups is 7. The number of rotatable bonds is 21. The second-order valence-corrected chi connectivity index (χ2v) is 9.03. The summed E-state index contributed by atoms with van der Waals surface area (Å²) in [5, 5.41) is 67.4. The summed E-state index contributed by atoms with van der Waals surface area (Å²) in [6, 6.07) is 0. The predicted molar refractivity (Wildman–Crippen MR) is 119 cm³/mol. The Kier molecular flexibility index (Phi) is 16.3. The summed E-state index contributed by atoms with van der Waals surface area (Å²) >= 11 is 0. The highest BCUT2D eigenvalue weighted by molar-refractivity contribution is 5.78. The number of carbonyl (C=O) groups excluding carboxylic acids is 1. The summed E-state index contributed by atoms with van der Waals surface area (Å²) in [5.41, 5.74) is -1.58. The van der Waals surface area contributed by atoms with Crippen molar-refractivity contribution in [2.45, 2.75) is 108 Å². The molecule has 0 aliphatic carbocycles. The van der Waals surface area contributed by atoms with Crippen LogP contribution in [0.5, 0.6) is 0 Å². The molecule has 0 bridgehead atoms. The van der Waals surface area contributed by atoms with Gasteiger partial charge >= 0.3 is 11.8 Å². The van der Waals surface area contributed by atoms with Crippen molar-refractivity contribution in [3.05, 3.63) is 0 Å². The molecule has 0 heterocycles. The number of unbranched alkanes of at least 4 members (excludes halogenated alkanes) is 12. The molecule has 0 rings (SSSR count).